The van der Waals surface area contributed by atoms with Gasteiger partial charge in [0.05, 0.1) is 5.69 Å². The highest BCUT2D eigenvalue weighted by molar-refractivity contribution is 5.30. The quantitative estimate of drug-likeness (QED) is 0.803. The largest absolute Gasteiger partial charge is 0.438 e. The van der Waals surface area contributed by atoms with E-state index in [1.165, 1.54) is 18.4 Å². The van der Waals surface area contributed by atoms with Crippen molar-refractivity contribution in [3.8, 4) is 11.6 Å². The van der Waals surface area contributed by atoms with Crippen molar-refractivity contribution in [1.82, 2.24) is 15.5 Å². The van der Waals surface area contributed by atoms with Crippen LogP contribution >= 0.6 is 0 Å². The normalized spacial score (nSPS) is 10.6. The lowest BCUT2D eigenvalue weighted by molar-refractivity contribution is 0.453. The minimum atomic E-state index is 0.525. The van der Waals surface area contributed by atoms with Crippen molar-refractivity contribution in [2.45, 2.75) is 39.7 Å². The maximum absolute atomic E-state index is 5.70. The summed E-state index contributed by atoms with van der Waals surface area (Å²) in [5.41, 5.74) is 2.26. The Balaban J connectivity index is 1.91. The van der Waals surface area contributed by atoms with Crippen molar-refractivity contribution in [3.63, 3.8) is 0 Å². The molecular weight excluding hydrogens is 262 g/mol. The van der Waals surface area contributed by atoms with Crippen LogP contribution < -0.4 is 10.1 Å². The van der Waals surface area contributed by atoms with Crippen LogP contribution in [-0.4, -0.2) is 16.7 Å². The highest BCUT2D eigenvalue weighted by atomic mass is 16.5. The zero-order valence-corrected chi connectivity index (χ0v) is 12.8. The zero-order chi connectivity index (χ0) is 14.9. The molecule has 0 fully saturated rings. The highest BCUT2D eigenvalue weighted by Gasteiger charge is 2.01. The first kappa shape index (κ1) is 15.4. The molecule has 0 aliphatic heterocycles. The average Bonchev–Trinajstić information content (AvgIpc) is 2.53. The van der Waals surface area contributed by atoms with Crippen molar-refractivity contribution < 1.29 is 4.74 Å². The van der Waals surface area contributed by atoms with E-state index in [9.17, 15) is 0 Å². The van der Waals surface area contributed by atoms with Crippen molar-refractivity contribution in [3.05, 3.63) is 47.7 Å². The molecule has 0 saturated carbocycles. The van der Waals surface area contributed by atoms with Crippen LogP contribution in [0.2, 0.25) is 0 Å². The SMILES string of the molecule is CCCCc1ccc(Oc2ccc(CNCC)nn2)cc1. The van der Waals surface area contributed by atoms with E-state index < -0.39 is 0 Å². The number of aryl methyl sites for hydroxylation is 1. The van der Waals surface area contributed by atoms with Crippen molar-refractivity contribution in [2.75, 3.05) is 6.54 Å². The summed E-state index contributed by atoms with van der Waals surface area (Å²) in [7, 11) is 0. The van der Waals surface area contributed by atoms with Gasteiger partial charge in [-0.15, -0.1) is 5.10 Å². The number of ether oxygens (including phenoxy) is 1. The highest BCUT2D eigenvalue weighted by Crippen LogP contribution is 2.19. The van der Waals surface area contributed by atoms with Gasteiger partial charge < -0.3 is 10.1 Å². The third-order valence-electron chi connectivity index (χ3n) is 3.22. The number of benzene rings is 1. The fourth-order valence-electron chi connectivity index (χ4n) is 1.98. The number of nitrogens with one attached hydrogen (secondary N) is 1. The summed E-state index contributed by atoms with van der Waals surface area (Å²) < 4.78 is 5.70. The summed E-state index contributed by atoms with van der Waals surface area (Å²) in [5, 5.41) is 11.4. The Morgan fingerprint density at radius 2 is 1.81 bits per heavy atom. The second kappa shape index (κ2) is 8.37. The van der Waals surface area contributed by atoms with Gasteiger partial charge in [0.25, 0.3) is 0 Å². The first-order chi connectivity index (χ1) is 10.3. The van der Waals surface area contributed by atoms with E-state index >= 15 is 0 Å². The molecule has 1 aromatic carbocycles. The van der Waals surface area contributed by atoms with Gasteiger partial charge in [0.15, 0.2) is 0 Å². The third-order valence-corrected chi connectivity index (χ3v) is 3.22. The lowest BCUT2D eigenvalue weighted by Gasteiger charge is -2.06. The van der Waals surface area contributed by atoms with E-state index in [-0.39, 0.29) is 0 Å². The van der Waals surface area contributed by atoms with Gasteiger partial charge in [-0.25, -0.2) is 0 Å². The van der Waals surface area contributed by atoms with Crippen LogP contribution in [0.3, 0.4) is 0 Å². The monoisotopic (exact) mass is 285 g/mol. The summed E-state index contributed by atoms with van der Waals surface area (Å²) >= 11 is 0. The second-order valence-corrected chi connectivity index (χ2v) is 4.99. The Hall–Kier alpha value is -1.94. The van der Waals surface area contributed by atoms with E-state index in [2.05, 4.69) is 41.5 Å². The third kappa shape index (κ3) is 5.16. The molecule has 0 aliphatic rings. The summed E-state index contributed by atoms with van der Waals surface area (Å²) in [6.07, 6.45) is 3.56. The van der Waals surface area contributed by atoms with Gasteiger partial charge in [0, 0.05) is 12.6 Å². The van der Waals surface area contributed by atoms with Gasteiger partial charge in [-0.3, -0.25) is 0 Å². The van der Waals surface area contributed by atoms with Crippen LogP contribution in [0.1, 0.15) is 37.9 Å². The predicted octanol–water partition coefficient (Wildman–Crippen LogP) is 3.72. The lowest BCUT2D eigenvalue weighted by Crippen LogP contribution is -2.13. The average molecular weight is 285 g/mol. The molecule has 0 amide bonds. The fraction of sp³-hybridized carbons (Fsp3) is 0.412. The summed E-state index contributed by atoms with van der Waals surface area (Å²) in [4.78, 5) is 0. The molecule has 4 nitrogen and oxygen atoms in total. The molecule has 0 aliphatic carbocycles. The molecule has 0 spiro atoms. The molecule has 1 aromatic heterocycles. The molecular formula is C17H23N3O. The van der Waals surface area contributed by atoms with E-state index in [0.29, 0.717) is 5.88 Å². The van der Waals surface area contributed by atoms with Crippen LogP contribution in [0.4, 0.5) is 0 Å². The van der Waals surface area contributed by atoms with E-state index in [0.717, 1.165) is 31.0 Å². The Morgan fingerprint density at radius 1 is 1.00 bits per heavy atom. The molecule has 112 valence electrons. The Morgan fingerprint density at radius 3 is 2.43 bits per heavy atom. The van der Waals surface area contributed by atoms with Crippen LogP contribution in [0.5, 0.6) is 11.6 Å². The zero-order valence-electron chi connectivity index (χ0n) is 12.8. The van der Waals surface area contributed by atoms with E-state index in [4.69, 9.17) is 4.74 Å². The maximum atomic E-state index is 5.70. The van der Waals surface area contributed by atoms with Gasteiger partial charge in [0.1, 0.15) is 5.75 Å². The molecule has 1 N–H and O–H groups in total. The summed E-state index contributed by atoms with van der Waals surface area (Å²) in [5.74, 6) is 1.32. The number of unbranched alkanes of at least 4 members (excludes halogenated alkanes) is 1. The number of hydrogen-bond acceptors (Lipinski definition) is 4. The number of nitrogens with zero attached hydrogens (tertiary/aromatic N) is 2. The van der Waals surface area contributed by atoms with Crippen LogP contribution in [0, 0.1) is 0 Å². The number of rotatable bonds is 8. The molecule has 0 saturated heterocycles. The molecule has 2 rings (SSSR count). The van der Waals surface area contributed by atoms with Crippen molar-refractivity contribution in [1.29, 1.82) is 0 Å². The molecule has 0 unspecified atom stereocenters. The second-order valence-electron chi connectivity index (χ2n) is 4.99. The summed E-state index contributed by atoms with van der Waals surface area (Å²) in [6.45, 7) is 5.92. The van der Waals surface area contributed by atoms with Crippen LogP contribution in [-0.2, 0) is 13.0 Å². The van der Waals surface area contributed by atoms with Crippen LogP contribution in [0.25, 0.3) is 0 Å². The maximum Gasteiger partial charge on any atom is 0.238 e. The topological polar surface area (TPSA) is 47.0 Å². The molecule has 4 heteroatoms. The van der Waals surface area contributed by atoms with Gasteiger partial charge in [0.2, 0.25) is 5.88 Å². The van der Waals surface area contributed by atoms with E-state index in [1.54, 1.807) is 0 Å². The van der Waals surface area contributed by atoms with Crippen LogP contribution in [0.15, 0.2) is 36.4 Å². The molecule has 21 heavy (non-hydrogen) atoms. The van der Waals surface area contributed by atoms with Crippen molar-refractivity contribution >= 4 is 0 Å². The minimum absolute atomic E-state index is 0.525. The standard InChI is InChI=1S/C17H23N3O/c1-3-5-6-14-7-10-16(11-8-14)21-17-12-9-15(19-20-17)13-18-4-2/h7-12,18H,3-6,13H2,1-2H3. The lowest BCUT2D eigenvalue weighted by atomic mass is 10.1. The van der Waals surface area contributed by atoms with Gasteiger partial charge >= 0.3 is 0 Å². The molecule has 1 heterocycles. The fourth-order valence-corrected chi connectivity index (χ4v) is 1.98. The Kier molecular flexibility index (Phi) is 6.16. The number of aromatic nitrogens is 2. The molecule has 0 atom stereocenters. The Labute approximate surface area is 126 Å². The number of hydrogen-bond donors (Lipinski definition) is 1. The van der Waals surface area contributed by atoms with Gasteiger partial charge in [-0.05, 0) is 43.1 Å². The summed E-state index contributed by atoms with van der Waals surface area (Å²) in [6, 6.07) is 12.0. The van der Waals surface area contributed by atoms with Gasteiger partial charge in [-0.2, -0.15) is 5.10 Å². The van der Waals surface area contributed by atoms with E-state index in [1.807, 2.05) is 24.3 Å². The van der Waals surface area contributed by atoms with Crippen molar-refractivity contribution in [2.24, 2.45) is 0 Å². The first-order valence-electron chi connectivity index (χ1n) is 7.62. The molecule has 0 bridgehead atoms. The molecule has 2 aromatic rings. The smallest absolute Gasteiger partial charge is 0.238 e. The molecule has 0 radical (unpaired) electrons. The van der Waals surface area contributed by atoms with Gasteiger partial charge in [-0.1, -0.05) is 32.4 Å². The Bertz CT molecular complexity index is 473. The minimum Gasteiger partial charge on any atom is -0.438 e. The predicted molar refractivity (Wildman–Crippen MR) is 84.5 cm³/mol. The first-order valence-corrected chi connectivity index (χ1v) is 7.62.